The zero-order chi connectivity index (χ0) is 28.7. The summed E-state index contributed by atoms with van der Waals surface area (Å²) in [5.41, 5.74) is 1.42. The number of esters is 1. The van der Waals surface area contributed by atoms with Crippen molar-refractivity contribution < 1.29 is 24.5 Å². The summed E-state index contributed by atoms with van der Waals surface area (Å²) in [4.78, 5) is 25.4. The van der Waals surface area contributed by atoms with Crippen LogP contribution in [0, 0.1) is 46.3 Å². The molecule has 40 heavy (non-hydrogen) atoms. The molecule has 4 aliphatic carbocycles. The first-order valence-electron chi connectivity index (χ1n) is 15.8. The van der Waals surface area contributed by atoms with Crippen molar-refractivity contribution in [2.45, 2.75) is 110 Å². The van der Waals surface area contributed by atoms with Crippen molar-refractivity contribution in [3.63, 3.8) is 0 Å². The quantitative estimate of drug-likeness (QED) is 0.380. The predicted molar refractivity (Wildman–Crippen MR) is 155 cm³/mol. The van der Waals surface area contributed by atoms with Gasteiger partial charge in [0.15, 0.2) is 0 Å². The van der Waals surface area contributed by atoms with E-state index in [1.165, 1.54) is 26.4 Å². The summed E-state index contributed by atoms with van der Waals surface area (Å²) in [6.45, 7) is 7.24. The number of amides is 1. The van der Waals surface area contributed by atoms with E-state index in [-0.39, 0.29) is 28.9 Å². The highest BCUT2D eigenvalue weighted by molar-refractivity contribution is 5.84. The van der Waals surface area contributed by atoms with Crippen LogP contribution in [0.4, 0.5) is 0 Å². The van der Waals surface area contributed by atoms with Crippen molar-refractivity contribution in [1.82, 2.24) is 5.32 Å². The van der Waals surface area contributed by atoms with Crippen LogP contribution in [0.3, 0.4) is 0 Å². The van der Waals surface area contributed by atoms with E-state index in [2.05, 4.69) is 26.1 Å². The maximum Gasteiger partial charge on any atom is 0.328 e. The normalized spacial score (nSPS) is 40.2. The van der Waals surface area contributed by atoms with Gasteiger partial charge in [-0.1, -0.05) is 51.1 Å². The molecule has 11 atom stereocenters. The molecule has 11 unspecified atom stereocenters. The minimum Gasteiger partial charge on any atom is -0.467 e. The van der Waals surface area contributed by atoms with Gasteiger partial charge >= 0.3 is 5.97 Å². The van der Waals surface area contributed by atoms with Crippen LogP contribution in [0.15, 0.2) is 30.3 Å². The molecular weight excluding hydrogens is 502 g/mol. The Morgan fingerprint density at radius 1 is 1.00 bits per heavy atom. The van der Waals surface area contributed by atoms with Gasteiger partial charge in [-0.3, -0.25) is 4.79 Å². The Morgan fingerprint density at radius 3 is 2.42 bits per heavy atom. The topological polar surface area (TPSA) is 95.9 Å². The third kappa shape index (κ3) is 5.47. The smallest absolute Gasteiger partial charge is 0.328 e. The summed E-state index contributed by atoms with van der Waals surface area (Å²) < 4.78 is 4.98. The van der Waals surface area contributed by atoms with Gasteiger partial charge in [-0.2, -0.15) is 0 Å². The van der Waals surface area contributed by atoms with E-state index < -0.39 is 12.0 Å². The predicted octanol–water partition coefficient (Wildman–Crippen LogP) is 5.29. The molecular formula is C34H51NO5. The fourth-order valence-corrected chi connectivity index (χ4v) is 10.2. The highest BCUT2D eigenvalue weighted by Crippen LogP contribution is 2.68. The van der Waals surface area contributed by atoms with Crippen LogP contribution in [0.1, 0.15) is 90.5 Å². The monoisotopic (exact) mass is 553 g/mol. The second-order valence-electron chi connectivity index (χ2n) is 14.3. The largest absolute Gasteiger partial charge is 0.467 e. The second-order valence-corrected chi connectivity index (χ2v) is 14.3. The molecule has 0 saturated heterocycles. The molecule has 4 saturated carbocycles. The summed E-state index contributed by atoms with van der Waals surface area (Å²) in [7, 11) is 1.36. The summed E-state index contributed by atoms with van der Waals surface area (Å²) in [6, 6.07) is 9.03. The van der Waals surface area contributed by atoms with Crippen LogP contribution in [0.2, 0.25) is 0 Å². The van der Waals surface area contributed by atoms with Crippen molar-refractivity contribution in [1.29, 1.82) is 0 Å². The van der Waals surface area contributed by atoms with Crippen molar-refractivity contribution in [2.24, 2.45) is 46.3 Å². The van der Waals surface area contributed by atoms with Gasteiger partial charge in [0.2, 0.25) is 5.91 Å². The molecule has 5 rings (SSSR count). The number of carbonyl (C=O) groups excluding carboxylic acids is 2. The first-order chi connectivity index (χ1) is 19.1. The molecule has 3 N–H and O–H groups in total. The van der Waals surface area contributed by atoms with Crippen LogP contribution in [-0.4, -0.2) is 47.4 Å². The van der Waals surface area contributed by atoms with Crippen molar-refractivity contribution in [3.8, 4) is 0 Å². The lowest BCUT2D eigenvalue weighted by Crippen LogP contribution is -2.58. The van der Waals surface area contributed by atoms with Gasteiger partial charge in [-0.15, -0.1) is 0 Å². The van der Waals surface area contributed by atoms with Crippen LogP contribution in [0.5, 0.6) is 0 Å². The van der Waals surface area contributed by atoms with E-state index in [4.69, 9.17) is 4.74 Å². The minimum atomic E-state index is -0.683. The molecule has 222 valence electrons. The van der Waals surface area contributed by atoms with Gasteiger partial charge in [0.25, 0.3) is 0 Å². The first-order valence-corrected chi connectivity index (χ1v) is 15.8. The van der Waals surface area contributed by atoms with Crippen molar-refractivity contribution in [3.05, 3.63) is 35.9 Å². The number of carbonyl (C=O) groups is 2. The van der Waals surface area contributed by atoms with E-state index in [1.807, 2.05) is 30.3 Å². The lowest BCUT2D eigenvalue weighted by atomic mass is 9.43. The summed E-state index contributed by atoms with van der Waals surface area (Å²) >= 11 is 0. The Balaban J connectivity index is 1.20. The van der Waals surface area contributed by atoms with Gasteiger partial charge in [-0.25, -0.2) is 4.79 Å². The maximum atomic E-state index is 13.0. The molecule has 0 radical (unpaired) electrons. The Hall–Kier alpha value is -1.92. The van der Waals surface area contributed by atoms with Crippen molar-refractivity contribution >= 4 is 11.9 Å². The number of aliphatic hydroxyl groups excluding tert-OH is 2. The number of hydrogen-bond acceptors (Lipinski definition) is 5. The fraction of sp³-hybridized carbons (Fsp3) is 0.765. The molecule has 1 amide bonds. The van der Waals surface area contributed by atoms with Gasteiger partial charge < -0.3 is 20.3 Å². The van der Waals surface area contributed by atoms with Crippen molar-refractivity contribution in [2.75, 3.05) is 7.11 Å². The van der Waals surface area contributed by atoms with E-state index >= 15 is 0 Å². The van der Waals surface area contributed by atoms with E-state index in [0.29, 0.717) is 48.3 Å². The molecule has 6 nitrogen and oxygen atoms in total. The molecule has 1 aromatic rings. The Labute approximate surface area is 240 Å². The van der Waals surface area contributed by atoms with Gasteiger partial charge in [0.1, 0.15) is 6.04 Å². The van der Waals surface area contributed by atoms with E-state index in [0.717, 1.165) is 44.1 Å². The van der Waals surface area contributed by atoms with Crippen LogP contribution in [-0.2, 0) is 20.7 Å². The number of benzene rings is 1. The van der Waals surface area contributed by atoms with Crippen LogP contribution >= 0.6 is 0 Å². The number of rotatable bonds is 8. The van der Waals surface area contributed by atoms with Crippen LogP contribution < -0.4 is 5.32 Å². The standard InChI is InChI=1S/C34H51NO5/c1-21(10-13-30(38)35-28(32(39)40-4)18-22-8-6-5-7-9-22)25-11-12-26-31-27(15-17-34(25,26)3)33(2)16-14-24(36)19-23(33)20-29(31)37/h5-9,21,23-29,31,36-37H,10-20H2,1-4H3,(H,35,38). The number of aliphatic hydroxyl groups is 2. The summed E-state index contributed by atoms with van der Waals surface area (Å²) in [5.74, 6) is 2.30. The molecule has 0 spiro atoms. The fourth-order valence-electron chi connectivity index (χ4n) is 10.2. The molecule has 4 aliphatic rings. The lowest BCUT2D eigenvalue weighted by Gasteiger charge is -2.62. The Kier molecular flexibility index (Phi) is 8.69. The van der Waals surface area contributed by atoms with Crippen LogP contribution in [0.25, 0.3) is 0 Å². The number of ether oxygens (including phenoxy) is 1. The Bertz CT molecular complexity index is 1050. The van der Waals surface area contributed by atoms with Gasteiger partial charge in [0, 0.05) is 12.8 Å². The third-order valence-electron chi connectivity index (χ3n) is 12.3. The highest BCUT2D eigenvalue weighted by Gasteiger charge is 2.62. The second kappa shape index (κ2) is 11.8. The highest BCUT2D eigenvalue weighted by atomic mass is 16.5. The lowest BCUT2D eigenvalue weighted by molar-refractivity contribution is -0.174. The molecule has 0 bridgehead atoms. The molecule has 4 fully saturated rings. The molecule has 0 aliphatic heterocycles. The van der Waals surface area contributed by atoms with E-state index in [9.17, 15) is 19.8 Å². The minimum absolute atomic E-state index is 0.0947. The SMILES string of the molecule is COC(=O)C(Cc1ccccc1)NC(=O)CCC(C)C1CCC2C3C(O)CC4CC(O)CCC4(C)C3CCC12C. The molecule has 6 heteroatoms. The molecule has 1 aromatic carbocycles. The number of methoxy groups -OCH3 is 1. The van der Waals surface area contributed by atoms with E-state index in [1.54, 1.807) is 0 Å². The maximum absolute atomic E-state index is 13.0. The van der Waals surface area contributed by atoms with Gasteiger partial charge in [-0.05, 0) is 110 Å². The zero-order valence-electron chi connectivity index (χ0n) is 25.0. The number of nitrogens with one attached hydrogen (secondary N) is 1. The first kappa shape index (κ1) is 29.6. The zero-order valence-corrected chi connectivity index (χ0v) is 25.0. The molecule has 0 aromatic heterocycles. The average molecular weight is 554 g/mol. The Morgan fingerprint density at radius 2 is 1.70 bits per heavy atom. The molecule has 0 heterocycles. The van der Waals surface area contributed by atoms with Gasteiger partial charge in [0.05, 0.1) is 19.3 Å². The summed E-state index contributed by atoms with van der Waals surface area (Å²) in [5, 5.41) is 24.8. The summed E-state index contributed by atoms with van der Waals surface area (Å²) in [6.07, 6.45) is 9.52. The third-order valence-corrected chi connectivity index (χ3v) is 12.3. The number of hydrogen-bond donors (Lipinski definition) is 3. The average Bonchev–Trinajstić information content (AvgIpc) is 3.29. The number of fused-ring (bicyclic) bond motifs is 5.